The number of sulfone groups is 1. The molecule has 13 heteroatoms. The van der Waals surface area contributed by atoms with Crippen LogP contribution in [0.3, 0.4) is 0 Å². The summed E-state index contributed by atoms with van der Waals surface area (Å²) in [5.41, 5.74) is 2.46. The number of fused-ring (bicyclic) bond motifs is 1. The summed E-state index contributed by atoms with van der Waals surface area (Å²) >= 11 is 0. The highest BCUT2D eigenvalue weighted by molar-refractivity contribution is 7.90. The van der Waals surface area contributed by atoms with E-state index < -0.39 is 22.1 Å². The number of pyridine rings is 1. The van der Waals surface area contributed by atoms with Crippen LogP contribution in [0.5, 0.6) is 0 Å². The summed E-state index contributed by atoms with van der Waals surface area (Å²) in [4.78, 5) is 30.3. The second kappa shape index (κ2) is 13.5. The molecule has 3 aromatic rings. The van der Waals surface area contributed by atoms with Crippen molar-refractivity contribution < 1.29 is 22.3 Å². The van der Waals surface area contributed by atoms with Gasteiger partial charge in [0.05, 0.1) is 24.5 Å². The molecular weight excluding hydrogens is 609 g/mol. The zero-order valence-electron chi connectivity index (χ0n) is 27.3. The minimum Gasteiger partial charge on any atom is -0.372 e. The monoisotopic (exact) mass is 653 g/mol. The van der Waals surface area contributed by atoms with Crippen molar-refractivity contribution in [2.45, 2.75) is 71.4 Å². The summed E-state index contributed by atoms with van der Waals surface area (Å²) < 4.78 is 44.6. The molecule has 4 atom stereocenters. The number of piperidine rings is 1. The third-order valence-corrected chi connectivity index (χ3v) is 9.64. The first kappa shape index (κ1) is 33.5. The van der Waals surface area contributed by atoms with Crippen molar-refractivity contribution in [2.24, 2.45) is 5.92 Å². The molecule has 1 amide bonds. The number of ether oxygens (including phenoxy) is 1. The molecule has 2 fully saturated rings. The van der Waals surface area contributed by atoms with E-state index in [-0.39, 0.29) is 42.2 Å². The zero-order chi connectivity index (χ0) is 33.3. The van der Waals surface area contributed by atoms with E-state index in [2.05, 4.69) is 45.9 Å². The van der Waals surface area contributed by atoms with Crippen LogP contribution in [0.15, 0.2) is 43.2 Å². The van der Waals surface area contributed by atoms with Gasteiger partial charge in [-0.3, -0.25) is 4.79 Å². The first-order valence-electron chi connectivity index (χ1n) is 15.7. The van der Waals surface area contributed by atoms with E-state index in [1.165, 1.54) is 12.3 Å². The maximum Gasteiger partial charge on any atom is 0.247 e. The molecule has 0 radical (unpaired) electrons. The Labute approximate surface area is 270 Å². The summed E-state index contributed by atoms with van der Waals surface area (Å²) in [5.74, 6) is 1.31. The fourth-order valence-electron chi connectivity index (χ4n) is 6.39. The Hall–Kier alpha value is -3.84. The number of carbonyl (C=O) groups is 1. The molecule has 2 aliphatic heterocycles. The van der Waals surface area contributed by atoms with Crippen LogP contribution in [0.2, 0.25) is 0 Å². The minimum atomic E-state index is -3.12. The Morgan fingerprint density at radius 1 is 1.17 bits per heavy atom. The lowest BCUT2D eigenvalue weighted by molar-refractivity contribution is -0.111. The Morgan fingerprint density at radius 3 is 2.57 bits per heavy atom. The number of amides is 1. The number of rotatable bonds is 11. The van der Waals surface area contributed by atoms with Crippen molar-refractivity contribution in [3.05, 3.63) is 48.8 Å². The van der Waals surface area contributed by atoms with Gasteiger partial charge in [-0.15, -0.1) is 0 Å². The molecule has 2 N–H and O–H groups in total. The molecule has 0 saturated carbocycles. The molecule has 4 heterocycles. The number of aromatic nitrogens is 3. The standard InChI is InChI=1S/C33H44FN7O4S/c1-8-31(42)37-26-14-27(41-16-22(21(41)6)18-46(7,43)44)24-15-36-30(13-23(24)32(26)19(2)3)38-29-9-11-35-33(39-29)40-12-10-28(25(34)17-40)45-20(4)5/h8-9,11,13-15,19-22,25,28H,1,10,12,16-18H2,2-7H3,(H,37,42)(H,35,36,38,39)/t21-,22-,25+,28-/m1/s1. The first-order valence-corrected chi connectivity index (χ1v) is 17.8. The molecule has 2 saturated heterocycles. The maximum atomic E-state index is 14.9. The van der Waals surface area contributed by atoms with Crippen LogP contribution in [-0.2, 0) is 19.4 Å². The minimum absolute atomic E-state index is 0.00287. The van der Waals surface area contributed by atoms with Gasteiger partial charge < -0.3 is 25.2 Å². The predicted molar refractivity (Wildman–Crippen MR) is 182 cm³/mol. The van der Waals surface area contributed by atoms with Gasteiger partial charge in [0.1, 0.15) is 27.6 Å². The molecule has 248 valence electrons. The third-order valence-electron chi connectivity index (χ3n) is 8.60. The van der Waals surface area contributed by atoms with E-state index in [0.29, 0.717) is 42.8 Å². The van der Waals surface area contributed by atoms with E-state index >= 15 is 0 Å². The van der Waals surface area contributed by atoms with Gasteiger partial charge in [0, 0.05) is 60.5 Å². The summed E-state index contributed by atoms with van der Waals surface area (Å²) in [6.07, 6.45) is 4.85. The second-order valence-corrected chi connectivity index (χ2v) is 15.1. The fraction of sp³-hybridized carbons (Fsp3) is 0.515. The van der Waals surface area contributed by atoms with Crippen LogP contribution < -0.4 is 20.4 Å². The van der Waals surface area contributed by atoms with Crippen molar-refractivity contribution in [2.75, 3.05) is 52.1 Å². The van der Waals surface area contributed by atoms with Crippen molar-refractivity contribution in [3.8, 4) is 0 Å². The van der Waals surface area contributed by atoms with E-state index in [9.17, 15) is 17.6 Å². The van der Waals surface area contributed by atoms with Gasteiger partial charge in [-0.25, -0.2) is 22.8 Å². The van der Waals surface area contributed by atoms with Gasteiger partial charge in [0.2, 0.25) is 11.9 Å². The summed E-state index contributed by atoms with van der Waals surface area (Å²) in [6, 6.07) is 5.60. The van der Waals surface area contributed by atoms with Gasteiger partial charge in [-0.2, -0.15) is 4.98 Å². The van der Waals surface area contributed by atoms with Crippen LogP contribution >= 0.6 is 0 Å². The Bertz CT molecular complexity index is 1720. The largest absolute Gasteiger partial charge is 0.372 e. The highest BCUT2D eigenvalue weighted by Gasteiger charge is 2.39. The molecule has 1 aromatic carbocycles. The average Bonchev–Trinajstić information content (AvgIpc) is 2.98. The summed E-state index contributed by atoms with van der Waals surface area (Å²) in [6.45, 7) is 14.9. The van der Waals surface area contributed by atoms with Crippen molar-refractivity contribution in [1.82, 2.24) is 15.0 Å². The normalized spacial score (nSPS) is 21.8. The number of benzene rings is 1. The third kappa shape index (κ3) is 7.41. The highest BCUT2D eigenvalue weighted by Crippen LogP contribution is 2.43. The van der Waals surface area contributed by atoms with Crippen molar-refractivity contribution >= 4 is 55.5 Å². The van der Waals surface area contributed by atoms with Gasteiger partial charge in [-0.05, 0) is 68.3 Å². The van der Waals surface area contributed by atoms with E-state index in [1.807, 2.05) is 37.8 Å². The lowest BCUT2D eigenvalue weighted by atomic mass is 9.88. The molecule has 0 spiro atoms. The summed E-state index contributed by atoms with van der Waals surface area (Å²) in [5, 5.41) is 8.05. The molecule has 2 aliphatic rings. The van der Waals surface area contributed by atoms with Gasteiger partial charge in [0.25, 0.3) is 0 Å². The van der Waals surface area contributed by atoms with Crippen molar-refractivity contribution in [3.63, 3.8) is 0 Å². The highest BCUT2D eigenvalue weighted by atomic mass is 32.2. The summed E-state index contributed by atoms with van der Waals surface area (Å²) in [7, 11) is -3.12. The number of alkyl halides is 1. The molecule has 0 unspecified atom stereocenters. The van der Waals surface area contributed by atoms with Crippen LogP contribution in [0.25, 0.3) is 10.8 Å². The molecule has 11 nitrogen and oxygen atoms in total. The SMILES string of the molecule is C=CC(=O)Nc1cc(N2C[C@H](CS(C)(=O)=O)[C@H]2C)c2cnc(Nc3ccnc(N4CC[C@@H](OC(C)C)[C@@H](F)C4)n3)cc2c1C(C)C. The first-order chi connectivity index (χ1) is 21.7. The van der Waals surface area contributed by atoms with Gasteiger partial charge in [-0.1, -0.05) is 20.4 Å². The lowest BCUT2D eigenvalue weighted by Crippen LogP contribution is -2.57. The number of anilines is 5. The Kier molecular flexibility index (Phi) is 9.83. The quantitative estimate of drug-likeness (QED) is 0.266. The number of nitrogens with zero attached hydrogens (tertiary/aromatic N) is 5. The fourth-order valence-corrected chi connectivity index (χ4v) is 7.55. The van der Waals surface area contributed by atoms with Gasteiger partial charge in [0.15, 0.2) is 0 Å². The zero-order valence-corrected chi connectivity index (χ0v) is 28.1. The molecule has 46 heavy (non-hydrogen) atoms. The number of halogens is 1. The number of hydrogen-bond acceptors (Lipinski definition) is 10. The van der Waals surface area contributed by atoms with Crippen LogP contribution in [0.4, 0.5) is 33.3 Å². The van der Waals surface area contributed by atoms with E-state index in [0.717, 1.165) is 22.0 Å². The second-order valence-electron chi connectivity index (χ2n) is 12.9. The number of carbonyl (C=O) groups excluding carboxylic acids is 1. The maximum absolute atomic E-state index is 14.9. The molecule has 5 rings (SSSR count). The predicted octanol–water partition coefficient (Wildman–Crippen LogP) is 5.23. The molecule has 0 aliphatic carbocycles. The van der Waals surface area contributed by atoms with Crippen LogP contribution in [0, 0.1) is 5.92 Å². The molecule has 2 aromatic heterocycles. The Balaban J connectivity index is 1.47. The van der Waals surface area contributed by atoms with Crippen LogP contribution in [-0.4, -0.2) is 85.3 Å². The van der Waals surface area contributed by atoms with Crippen molar-refractivity contribution in [1.29, 1.82) is 0 Å². The van der Waals surface area contributed by atoms with Gasteiger partial charge >= 0.3 is 0 Å². The molecular formula is C33H44FN7O4S. The Morgan fingerprint density at radius 2 is 1.93 bits per heavy atom. The van der Waals surface area contributed by atoms with E-state index in [4.69, 9.17) is 9.72 Å². The van der Waals surface area contributed by atoms with Crippen LogP contribution in [0.1, 0.15) is 52.5 Å². The smallest absolute Gasteiger partial charge is 0.247 e. The van der Waals surface area contributed by atoms with E-state index in [1.54, 1.807) is 18.5 Å². The number of hydrogen-bond donors (Lipinski definition) is 2. The topological polar surface area (TPSA) is 130 Å². The molecule has 0 bridgehead atoms. The lowest BCUT2D eigenvalue weighted by Gasteiger charge is -2.48. The number of nitrogens with one attached hydrogen (secondary N) is 2. The average molecular weight is 654 g/mol.